The van der Waals surface area contributed by atoms with E-state index in [2.05, 4.69) is 0 Å². The fraction of sp³-hybridized carbons (Fsp3) is 0.875. The van der Waals surface area contributed by atoms with Crippen LogP contribution in [-0.4, -0.2) is 42.5 Å². The van der Waals surface area contributed by atoms with Crippen LogP contribution in [0.3, 0.4) is 0 Å². The molecule has 2 N–H and O–H groups in total. The molecule has 0 fully saturated rings. The molecule has 0 radical (unpaired) electrons. The number of halogens is 5. The third-order valence-corrected chi connectivity index (χ3v) is 1.93. The van der Waals surface area contributed by atoms with Gasteiger partial charge in [0.15, 0.2) is 0 Å². The molecule has 0 saturated heterocycles. The molecule has 0 heterocycles. The topological polar surface area (TPSA) is 46.3 Å². The van der Waals surface area contributed by atoms with E-state index in [-0.39, 0.29) is 26.1 Å². The molecule has 0 aromatic rings. The van der Waals surface area contributed by atoms with Crippen molar-refractivity contribution in [1.82, 2.24) is 4.90 Å². The van der Waals surface area contributed by atoms with Crippen LogP contribution in [0.1, 0.15) is 13.3 Å². The number of carbonyl (C=O) groups excluding carboxylic acids is 1. The zero-order valence-corrected chi connectivity index (χ0v) is 8.65. The molecule has 0 unspecified atom stereocenters. The summed E-state index contributed by atoms with van der Waals surface area (Å²) in [5.41, 5.74) is 5.08. The second-order valence-electron chi connectivity index (χ2n) is 3.10. The highest BCUT2D eigenvalue weighted by Crippen LogP contribution is 2.36. The summed E-state index contributed by atoms with van der Waals surface area (Å²) in [6.45, 7) is 1.00. The smallest absolute Gasteiger partial charge is 0.337 e. The number of alkyl halides is 5. The van der Waals surface area contributed by atoms with Crippen molar-refractivity contribution >= 4 is 5.91 Å². The average molecular weight is 248 g/mol. The van der Waals surface area contributed by atoms with Crippen molar-refractivity contribution in [3.05, 3.63) is 0 Å². The average Bonchev–Trinajstić information content (AvgIpc) is 2.16. The van der Waals surface area contributed by atoms with Crippen LogP contribution in [0.2, 0.25) is 0 Å². The van der Waals surface area contributed by atoms with E-state index in [4.69, 9.17) is 5.73 Å². The fourth-order valence-electron chi connectivity index (χ4n) is 1.01. The second kappa shape index (κ2) is 5.42. The Morgan fingerprint density at radius 1 is 1.25 bits per heavy atom. The van der Waals surface area contributed by atoms with Crippen molar-refractivity contribution in [2.75, 3.05) is 19.6 Å². The first-order valence-electron chi connectivity index (χ1n) is 4.62. The van der Waals surface area contributed by atoms with Gasteiger partial charge in [-0.3, -0.25) is 4.79 Å². The van der Waals surface area contributed by atoms with Crippen molar-refractivity contribution < 1.29 is 26.7 Å². The highest BCUT2D eigenvalue weighted by Gasteiger charge is 2.64. The number of carbonyl (C=O) groups is 1. The van der Waals surface area contributed by atoms with E-state index in [0.29, 0.717) is 4.90 Å². The maximum atomic E-state index is 12.6. The molecule has 0 aliphatic rings. The standard InChI is InChI=1S/C8H13F5N2O/c1-2-15(5-3-4-14)6(16)7(9,10)8(11,12)13/h2-5,14H2,1H3. The summed E-state index contributed by atoms with van der Waals surface area (Å²) in [4.78, 5) is 11.4. The molecule has 0 aliphatic heterocycles. The summed E-state index contributed by atoms with van der Waals surface area (Å²) >= 11 is 0. The zero-order chi connectivity index (χ0) is 13.0. The molecule has 8 heteroatoms. The molecule has 16 heavy (non-hydrogen) atoms. The molecule has 1 amide bonds. The van der Waals surface area contributed by atoms with Crippen LogP contribution in [0, 0.1) is 0 Å². The number of nitrogens with zero attached hydrogens (tertiary/aromatic N) is 1. The van der Waals surface area contributed by atoms with Gasteiger partial charge in [-0.05, 0) is 19.9 Å². The highest BCUT2D eigenvalue weighted by molar-refractivity contribution is 5.84. The minimum absolute atomic E-state index is 0.112. The minimum Gasteiger partial charge on any atom is -0.337 e. The van der Waals surface area contributed by atoms with Crippen molar-refractivity contribution in [3.8, 4) is 0 Å². The first-order valence-corrected chi connectivity index (χ1v) is 4.62. The van der Waals surface area contributed by atoms with E-state index in [0.717, 1.165) is 0 Å². The maximum Gasteiger partial charge on any atom is 0.463 e. The quantitative estimate of drug-likeness (QED) is 0.747. The lowest BCUT2D eigenvalue weighted by atomic mass is 10.2. The molecule has 96 valence electrons. The molecule has 0 aliphatic carbocycles. The van der Waals surface area contributed by atoms with Crippen LogP contribution in [0.15, 0.2) is 0 Å². The van der Waals surface area contributed by atoms with E-state index >= 15 is 0 Å². The molecule has 0 rings (SSSR count). The maximum absolute atomic E-state index is 12.6. The first-order chi connectivity index (χ1) is 7.18. The Bertz CT molecular complexity index is 241. The van der Waals surface area contributed by atoms with Gasteiger partial charge in [0, 0.05) is 13.1 Å². The molecule has 0 bridgehead atoms. The molecule has 0 saturated carbocycles. The Balaban J connectivity index is 4.74. The third kappa shape index (κ3) is 3.29. The van der Waals surface area contributed by atoms with Gasteiger partial charge in [0.05, 0.1) is 0 Å². The number of hydrogen-bond donors (Lipinski definition) is 1. The largest absolute Gasteiger partial charge is 0.463 e. The SMILES string of the molecule is CCN(CCCN)C(=O)C(F)(F)C(F)(F)F. The van der Waals surface area contributed by atoms with Crippen LogP contribution < -0.4 is 5.73 Å². The fourth-order valence-corrected chi connectivity index (χ4v) is 1.01. The van der Waals surface area contributed by atoms with Crippen LogP contribution in [-0.2, 0) is 4.79 Å². The van der Waals surface area contributed by atoms with Gasteiger partial charge in [-0.2, -0.15) is 22.0 Å². The van der Waals surface area contributed by atoms with E-state index in [1.807, 2.05) is 0 Å². The number of amides is 1. The van der Waals surface area contributed by atoms with Gasteiger partial charge in [0.2, 0.25) is 0 Å². The molecule has 0 atom stereocenters. The minimum atomic E-state index is -5.86. The number of nitrogens with two attached hydrogens (primary N) is 1. The summed E-state index contributed by atoms with van der Waals surface area (Å²) in [6.07, 6.45) is -5.69. The van der Waals surface area contributed by atoms with E-state index in [1.54, 1.807) is 0 Å². The molecular weight excluding hydrogens is 235 g/mol. The van der Waals surface area contributed by atoms with Gasteiger partial charge < -0.3 is 10.6 Å². The van der Waals surface area contributed by atoms with Gasteiger partial charge in [0.25, 0.3) is 0 Å². The lowest BCUT2D eigenvalue weighted by molar-refractivity contribution is -0.274. The molecular formula is C8H13F5N2O. The van der Waals surface area contributed by atoms with Crippen molar-refractivity contribution in [3.63, 3.8) is 0 Å². The first kappa shape index (κ1) is 15.1. The molecule has 0 aromatic carbocycles. The van der Waals surface area contributed by atoms with Crippen LogP contribution in [0.25, 0.3) is 0 Å². The zero-order valence-electron chi connectivity index (χ0n) is 8.65. The summed E-state index contributed by atoms with van der Waals surface area (Å²) in [6, 6.07) is 0. The van der Waals surface area contributed by atoms with Crippen molar-refractivity contribution in [1.29, 1.82) is 0 Å². The van der Waals surface area contributed by atoms with Crippen LogP contribution in [0.4, 0.5) is 22.0 Å². The van der Waals surface area contributed by atoms with Gasteiger partial charge >= 0.3 is 18.0 Å². The predicted octanol–water partition coefficient (Wildman–Crippen LogP) is 1.38. The van der Waals surface area contributed by atoms with E-state index in [9.17, 15) is 26.7 Å². The Morgan fingerprint density at radius 3 is 2.06 bits per heavy atom. The van der Waals surface area contributed by atoms with Gasteiger partial charge in [0.1, 0.15) is 0 Å². The molecule has 3 nitrogen and oxygen atoms in total. The van der Waals surface area contributed by atoms with E-state index in [1.165, 1.54) is 6.92 Å². The Hall–Kier alpha value is -0.920. The Kier molecular flexibility index (Phi) is 5.11. The monoisotopic (exact) mass is 248 g/mol. The van der Waals surface area contributed by atoms with E-state index < -0.39 is 18.0 Å². The highest BCUT2D eigenvalue weighted by atomic mass is 19.4. The summed E-state index contributed by atoms with van der Waals surface area (Å²) in [7, 11) is 0. The Labute approximate surface area is 89.4 Å². The number of rotatable bonds is 5. The van der Waals surface area contributed by atoms with Gasteiger partial charge in [-0.1, -0.05) is 0 Å². The predicted molar refractivity (Wildman–Crippen MR) is 46.9 cm³/mol. The normalized spacial score (nSPS) is 12.7. The van der Waals surface area contributed by atoms with Gasteiger partial charge in [-0.15, -0.1) is 0 Å². The molecule has 0 spiro atoms. The number of hydrogen-bond acceptors (Lipinski definition) is 2. The summed E-state index contributed by atoms with van der Waals surface area (Å²) < 4.78 is 60.9. The van der Waals surface area contributed by atoms with Crippen LogP contribution >= 0.6 is 0 Å². The Morgan fingerprint density at radius 2 is 1.75 bits per heavy atom. The third-order valence-electron chi connectivity index (χ3n) is 1.93. The summed E-state index contributed by atoms with van der Waals surface area (Å²) in [5, 5.41) is 0. The van der Waals surface area contributed by atoms with Crippen molar-refractivity contribution in [2.45, 2.75) is 25.4 Å². The lowest BCUT2D eigenvalue weighted by Gasteiger charge is -2.26. The summed E-state index contributed by atoms with van der Waals surface area (Å²) in [5.74, 6) is -7.56. The second-order valence-corrected chi connectivity index (χ2v) is 3.10. The lowest BCUT2D eigenvalue weighted by Crippen LogP contribution is -2.52. The molecule has 0 aromatic heterocycles. The van der Waals surface area contributed by atoms with Crippen LogP contribution in [0.5, 0.6) is 0 Å². The van der Waals surface area contributed by atoms with Gasteiger partial charge in [-0.25, -0.2) is 0 Å². The van der Waals surface area contributed by atoms with Crippen molar-refractivity contribution in [2.24, 2.45) is 5.73 Å².